The molecule has 1 aliphatic rings. The molecule has 1 aliphatic heterocycles. The Morgan fingerprint density at radius 3 is 2.58 bits per heavy atom. The summed E-state index contributed by atoms with van der Waals surface area (Å²) in [6.45, 7) is 6.67. The summed E-state index contributed by atoms with van der Waals surface area (Å²) in [6, 6.07) is 2.48. The lowest BCUT2D eigenvalue weighted by Crippen LogP contribution is -2.49. The van der Waals surface area contributed by atoms with Crippen LogP contribution in [0.25, 0.3) is 0 Å². The first-order chi connectivity index (χ1) is 9.22. The fourth-order valence-corrected chi connectivity index (χ4v) is 2.42. The summed E-state index contributed by atoms with van der Waals surface area (Å²) in [4.78, 5) is 6.08. The standard InChI is InChI=1S/C12H21N7/c1-3-4-11(9-13)19-7-5-18(6-8-19)10-12-14-16-17(2)15-12/h11H,3-8,10H2,1-2H3. The molecule has 0 spiro atoms. The van der Waals surface area contributed by atoms with Gasteiger partial charge in [-0.15, -0.1) is 10.2 Å². The summed E-state index contributed by atoms with van der Waals surface area (Å²) in [5.41, 5.74) is 0. The normalized spacial score (nSPS) is 19.2. The maximum atomic E-state index is 9.18. The molecule has 19 heavy (non-hydrogen) atoms. The van der Waals surface area contributed by atoms with E-state index in [1.807, 2.05) is 0 Å². The molecule has 7 heteroatoms. The van der Waals surface area contributed by atoms with Gasteiger partial charge in [-0.1, -0.05) is 13.3 Å². The summed E-state index contributed by atoms with van der Waals surface area (Å²) in [5.74, 6) is 0.765. The summed E-state index contributed by atoms with van der Waals surface area (Å²) in [6.07, 6.45) is 2.02. The first-order valence-electron chi connectivity index (χ1n) is 6.81. The molecule has 0 aromatic carbocycles. The lowest BCUT2D eigenvalue weighted by atomic mass is 10.1. The summed E-state index contributed by atoms with van der Waals surface area (Å²) < 4.78 is 0. The van der Waals surface area contributed by atoms with Crippen molar-refractivity contribution in [3.63, 3.8) is 0 Å². The molecule has 0 aliphatic carbocycles. The van der Waals surface area contributed by atoms with Gasteiger partial charge >= 0.3 is 0 Å². The van der Waals surface area contributed by atoms with Crippen LogP contribution in [0.3, 0.4) is 0 Å². The van der Waals surface area contributed by atoms with Crippen LogP contribution in [0.1, 0.15) is 25.6 Å². The van der Waals surface area contributed by atoms with Crippen LogP contribution in [-0.2, 0) is 13.6 Å². The third-order valence-corrected chi connectivity index (χ3v) is 3.47. The van der Waals surface area contributed by atoms with Gasteiger partial charge in [0, 0.05) is 26.2 Å². The topological polar surface area (TPSA) is 73.9 Å². The number of nitriles is 1. The van der Waals surface area contributed by atoms with Gasteiger partial charge in [0.2, 0.25) is 0 Å². The van der Waals surface area contributed by atoms with Gasteiger partial charge in [0.25, 0.3) is 0 Å². The monoisotopic (exact) mass is 263 g/mol. The summed E-state index contributed by atoms with van der Waals surface area (Å²) in [7, 11) is 1.77. The molecule has 2 heterocycles. The maximum Gasteiger partial charge on any atom is 0.188 e. The van der Waals surface area contributed by atoms with Crippen LogP contribution in [-0.4, -0.2) is 62.2 Å². The van der Waals surface area contributed by atoms with Crippen LogP contribution in [0.5, 0.6) is 0 Å². The second-order valence-electron chi connectivity index (χ2n) is 4.94. The van der Waals surface area contributed by atoms with E-state index in [-0.39, 0.29) is 6.04 Å². The highest BCUT2D eigenvalue weighted by molar-refractivity contribution is 4.93. The Kier molecular flexibility index (Phi) is 4.82. The minimum atomic E-state index is 0.0711. The Hall–Kier alpha value is -1.52. The number of hydrogen-bond donors (Lipinski definition) is 0. The van der Waals surface area contributed by atoms with Crippen LogP contribution in [0, 0.1) is 11.3 Å². The van der Waals surface area contributed by atoms with Crippen molar-refractivity contribution in [2.45, 2.75) is 32.4 Å². The number of rotatable bonds is 5. The Balaban J connectivity index is 1.80. The Morgan fingerprint density at radius 1 is 1.32 bits per heavy atom. The molecule has 1 unspecified atom stereocenters. The minimum Gasteiger partial charge on any atom is -0.293 e. The second kappa shape index (κ2) is 6.59. The zero-order valence-electron chi connectivity index (χ0n) is 11.7. The number of nitrogens with zero attached hydrogens (tertiary/aromatic N) is 7. The summed E-state index contributed by atoms with van der Waals surface area (Å²) >= 11 is 0. The average molecular weight is 263 g/mol. The van der Waals surface area contributed by atoms with E-state index < -0.39 is 0 Å². The molecule has 0 radical (unpaired) electrons. The highest BCUT2D eigenvalue weighted by atomic mass is 15.6. The quantitative estimate of drug-likeness (QED) is 0.745. The zero-order valence-corrected chi connectivity index (χ0v) is 11.7. The molecule has 0 N–H and O–H groups in total. The van der Waals surface area contributed by atoms with Gasteiger partial charge in [-0.3, -0.25) is 9.80 Å². The molecule has 0 amide bonds. The van der Waals surface area contributed by atoms with Crippen LogP contribution in [0.15, 0.2) is 0 Å². The molecular weight excluding hydrogens is 242 g/mol. The maximum absolute atomic E-state index is 9.18. The van der Waals surface area contributed by atoms with Gasteiger partial charge < -0.3 is 0 Å². The van der Waals surface area contributed by atoms with Crippen LogP contribution < -0.4 is 0 Å². The number of aromatic nitrogens is 4. The molecule has 7 nitrogen and oxygen atoms in total. The molecule has 1 fully saturated rings. The lowest BCUT2D eigenvalue weighted by Gasteiger charge is -2.36. The number of aryl methyl sites for hydroxylation is 1. The van der Waals surface area contributed by atoms with Crippen molar-refractivity contribution in [2.24, 2.45) is 7.05 Å². The van der Waals surface area contributed by atoms with Crippen LogP contribution in [0.4, 0.5) is 0 Å². The van der Waals surface area contributed by atoms with E-state index in [4.69, 9.17) is 0 Å². The van der Waals surface area contributed by atoms with Crippen molar-refractivity contribution in [3.05, 3.63) is 5.82 Å². The third-order valence-electron chi connectivity index (χ3n) is 3.47. The van der Waals surface area contributed by atoms with Gasteiger partial charge in [0.05, 0.1) is 25.7 Å². The fraction of sp³-hybridized carbons (Fsp3) is 0.833. The molecule has 1 saturated heterocycles. The van der Waals surface area contributed by atoms with E-state index in [1.54, 1.807) is 7.05 Å². The molecule has 0 bridgehead atoms. The van der Waals surface area contributed by atoms with E-state index in [2.05, 4.69) is 38.2 Å². The average Bonchev–Trinajstić information content (AvgIpc) is 2.82. The number of piperazine rings is 1. The fourth-order valence-electron chi connectivity index (χ4n) is 2.42. The van der Waals surface area contributed by atoms with Gasteiger partial charge in [-0.25, -0.2) is 0 Å². The number of tetrazole rings is 1. The second-order valence-corrected chi connectivity index (χ2v) is 4.94. The third kappa shape index (κ3) is 3.72. The van der Waals surface area contributed by atoms with Crippen molar-refractivity contribution in [2.75, 3.05) is 26.2 Å². The highest BCUT2D eigenvalue weighted by Gasteiger charge is 2.23. The molecule has 1 aromatic heterocycles. The van der Waals surface area contributed by atoms with E-state index in [1.165, 1.54) is 4.80 Å². The van der Waals surface area contributed by atoms with Crippen LogP contribution >= 0.6 is 0 Å². The smallest absolute Gasteiger partial charge is 0.188 e. The summed E-state index contributed by atoms with van der Waals surface area (Å²) in [5, 5.41) is 21.2. The molecule has 1 atom stereocenters. The van der Waals surface area contributed by atoms with Crippen molar-refractivity contribution in [3.8, 4) is 6.07 Å². The van der Waals surface area contributed by atoms with E-state index >= 15 is 0 Å². The highest BCUT2D eigenvalue weighted by Crippen LogP contribution is 2.11. The Labute approximate surface area is 113 Å². The van der Waals surface area contributed by atoms with Crippen molar-refractivity contribution in [1.82, 2.24) is 30.0 Å². The van der Waals surface area contributed by atoms with Gasteiger partial charge in [0.1, 0.15) is 0 Å². The van der Waals surface area contributed by atoms with Crippen molar-refractivity contribution < 1.29 is 0 Å². The molecular formula is C12H21N7. The predicted molar refractivity (Wildman–Crippen MR) is 70.0 cm³/mol. The predicted octanol–water partition coefficient (Wildman–Crippen LogP) is 0.0200. The molecule has 104 valence electrons. The van der Waals surface area contributed by atoms with E-state index in [0.717, 1.165) is 51.4 Å². The van der Waals surface area contributed by atoms with Gasteiger partial charge in [-0.2, -0.15) is 10.1 Å². The van der Waals surface area contributed by atoms with E-state index in [0.29, 0.717) is 0 Å². The molecule has 1 aromatic rings. The van der Waals surface area contributed by atoms with Gasteiger partial charge in [0.15, 0.2) is 5.82 Å². The zero-order chi connectivity index (χ0) is 13.7. The first-order valence-corrected chi connectivity index (χ1v) is 6.81. The first kappa shape index (κ1) is 13.9. The lowest BCUT2D eigenvalue weighted by molar-refractivity contribution is 0.104. The molecule has 0 saturated carbocycles. The number of hydrogen-bond acceptors (Lipinski definition) is 6. The van der Waals surface area contributed by atoms with Crippen molar-refractivity contribution in [1.29, 1.82) is 5.26 Å². The SMILES string of the molecule is CCCC(C#N)N1CCN(Cc2nnn(C)n2)CC1. The Bertz CT molecular complexity index is 428. The largest absolute Gasteiger partial charge is 0.293 e. The van der Waals surface area contributed by atoms with Crippen LogP contribution in [0.2, 0.25) is 0 Å². The minimum absolute atomic E-state index is 0.0711. The Morgan fingerprint density at radius 2 is 2.05 bits per heavy atom. The van der Waals surface area contributed by atoms with Gasteiger partial charge in [-0.05, 0) is 11.6 Å². The van der Waals surface area contributed by atoms with Crippen molar-refractivity contribution >= 4 is 0 Å². The molecule has 2 rings (SSSR count). The van der Waals surface area contributed by atoms with E-state index in [9.17, 15) is 5.26 Å².